The molecule has 0 radical (unpaired) electrons. The molecule has 1 fully saturated rings. The second-order valence-electron chi connectivity index (χ2n) is 8.90. The number of amides is 1. The maximum absolute atomic E-state index is 13.0. The van der Waals surface area contributed by atoms with Gasteiger partial charge >= 0.3 is 0 Å². The highest BCUT2D eigenvalue weighted by Gasteiger charge is 2.26. The fraction of sp³-hybridized carbons (Fsp3) is 0.269. The molecule has 2 aliphatic heterocycles. The molecular weight excluding hydrogens is 466 g/mol. The number of carbonyl (C=O) groups is 1. The molecule has 182 valence electrons. The fourth-order valence-corrected chi connectivity index (χ4v) is 5.40. The molecule has 2 N–H and O–H groups in total. The van der Waals surface area contributed by atoms with Crippen molar-refractivity contribution in [2.24, 2.45) is 0 Å². The molecule has 1 saturated heterocycles. The number of sulfonamides is 1. The van der Waals surface area contributed by atoms with Gasteiger partial charge in [0.15, 0.2) is 11.5 Å². The van der Waals surface area contributed by atoms with Gasteiger partial charge in [0, 0.05) is 16.8 Å². The Labute approximate surface area is 205 Å². The van der Waals surface area contributed by atoms with E-state index in [0.717, 1.165) is 36.7 Å². The Kier molecular flexibility index (Phi) is 6.36. The highest BCUT2D eigenvalue weighted by molar-refractivity contribution is 7.92. The van der Waals surface area contributed by atoms with Crippen LogP contribution >= 0.6 is 0 Å². The van der Waals surface area contributed by atoms with Gasteiger partial charge in [-0.1, -0.05) is 17.7 Å². The Morgan fingerprint density at radius 3 is 2.34 bits per heavy atom. The third-order valence-electron chi connectivity index (χ3n) is 6.36. The van der Waals surface area contributed by atoms with Crippen LogP contribution in [0.15, 0.2) is 71.6 Å². The average molecular weight is 495 g/mol. The molecule has 8 nitrogen and oxygen atoms in total. The minimum absolute atomic E-state index is 0.0810. The van der Waals surface area contributed by atoms with E-state index in [0.29, 0.717) is 24.3 Å². The Bertz CT molecular complexity index is 1320. The number of carbonyl (C=O) groups excluding carboxylic acids is 1. The maximum Gasteiger partial charge on any atom is 0.261 e. The molecule has 0 saturated carbocycles. The van der Waals surface area contributed by atoms with Crippen LogP contribution in [-0.4, -0.2) is 52.2 Å². The molecule has 0 bridgehead atoms. The van der Waals surface area contributed by atoms with E-state index in [2.05, 4.69) is 10.8 Å². The zero-order chi connectivity index (χ0) is 24.4. The van der Waals surface area contributed by atoms with Gasteiger partial charge in [0.2, 0.25) is 6.79 Å². The zero-order valence-electron chi connectivity index (χ0n) is 19.5. The van der Waals surface area contributed by atoms with Gasteiger partial charge in [-0.15, -0.1) is 0 Å². The monoisotopic (exact) mass is 494 g/mol. The molecule has 0 unspecified atom stereocenters. The quantitative estimate of drug-likeness (QED) is 0.548. The third-order valence-corrected chi connectivity index (χ3v) is 7.76. The van der Waals surface area contributed by atoms with Crippen LogP contribution in [0.4, 0.5) is 5.69 Å². The van der Waals surface area contributed by atoms with Crippen LogP contribution in [0, 0.1) is 6.92 Å². The molecule has 0 aromatic heterocycles. The van der Waals surface area contributed by atoms with Crippen molar-refractivity contribution in [2.75, 3.05) is 37.7 Å². The summed E-state index contributed by atoms with van der Waals surface area (Å²) in [5.41, 5.74) is 3.21. The second-order valence-corrected chi connectivity index (χ2v) is 10.6. The van der Waals surface area contributed by atoms with Gasteiger partial charge in [-0.3, -0.25) is 9.52 Å². The fourth-order valence-electron chi connectivity index (χ4n) is 4.34. The lowest BCUT2D eigenvalue weighted by molar-refractivity contribution is -0.917. The van der Waals surface area contributed by atoms with E-state index in [9.17, 15) is 13.2 Å². The molecule has 35 heavy (non-hydrogen) atoms. The van der Waals surface area contributed by atoms with E-state index in [1.807, 2.05) is 36.1 Å². The van der Waals surface area contributed by atoms with Crippen LogP contribution in [-0.2, 0) is 16.6 Å². The lowest BCUT2D eigenvalue weighted by Crippen LogP contribution is -3.13. The van der Waals surface area contributed by atoms with Crippen LogP contribution in [0.1, 0.15) is 21.5 Å². The van der Waals surface area contributed by atoms with Gasteiger partial charge in [-0.2, -0.15) is 0 Å². The van der Waals surface area contributed by atoms with Gasteiger partial charge in [-0.25, -0.2) is 8.42 Å². The number of quaternary nitrogens is 1. The number of nitrogens with zero attached hydrogens (tertiary/aromatic N) is 1. The summed E-state index contributed by atoms with van der Waals surface area (Å²) >= 11 is 0. The molecule has 3 aromatic rings. The summed E-state index contributed by atoms with van der Waals surface area (Å²) in [6.07, 6.45) is 0. The molecule has 2 heterocycles. The number of rotatable bonds is 6. The SMILES string of the molecule is Cc1ccc(NS(=O)(=O)c2ccc(C(=O)N3CC[NH+](Cc4ccc5c(c4)OCO5)CC3)cc2)cc1. The number of piperazine rings is 1. The number of fused-ring (bicyclic) bond motifs is 1. The third kappa shape index (κ3) is 5.26. The number of nitrogens with one attached hydrogen (secondary N) is 2. The van der Waals surface area contributed by atoms with E-state index in [1.54, 1.807) is 24.3 Å². The smallest absolute Gasteiger partial charge is 0.261 e. The Morgan fingerprint density at radius 1 is 0.943 bits per heavy atom. The van der Waals surface area contributed by atoms with Crippen molar-refractivity contribution in [1.29, 1.82) is 0 Å². The van der Waals surface area contributed by atoms with Gasteiger partial charge in [0.1, 0.15) is 6.54 Å². The first kappa shape index (κ1) is 23.2. The van der Waals surface area contributed by atoms with E-state index in [-0.39, 0.29) is 17.6 Å². The Balaban J connectivity index is 1.17. The minimum Gasteiger partial charge on any atom is -0.454 e. The molecular formula is C26H28N3O5S+. The lowest BCUT2D eigenvalue weighted by atomic mass is 10.1. The molecule has 0 aliphatic carbocycles. The van der Waals surface area contributed by atoms with Crippen LogP contribution in [0.3, 0.4) is 0 Å². The highest BCUT2D eigenvalue weighted by atomic mass is 32.2. The zero-order valence-corrected chi connectivity index (χ0v) is 20.3. The number of anilines is 1. The number of hydrogen-bond donors (Lipinski definition) is 2. The van der Waals surface area contributed by atoms with Crippen molar-refractivity contribution in [3.8, 4) is 11.5 Å². The van der Waals surface area contributed by atoms with Crippen LogP contribution in [0.2, 0.25) is 0 Å². The van der Waals surface area contributed by atoms with Crippen LogP contribution < -0.4 is 19.1 Å². The minimum atomic E-state index is -3.73. The summed E-state index contributed by atoms with van der Waals surface area (Å²) in [7, 11) is -3.73. The van der Waals surface area contributed by atoms with Crippen molar-refractivity contribution in [1.82, 2.24) is 4.90 Å². The summed E-state index contributed by atoms with van der Waals surface area (Å²) in [6.45, 7) is 6.04. The maximum atomic E-state index is 13.0. The normalized spacial score (nSPS) is 15.7. The van der Waals surface area contributed by atoms with E-state index < -0.39 is 10.0 Å². The summed E-state index contributed by atoms with van der Waals surface area (Å²) < 4.78 is 38.8. The number of hydrogen-bond acceptors (Lipinski definition) is 5. The predicted octanol–water partition coefficient (Wildman–Crippen LogP) is 2.07. The summed E-state index contributed by atoms with van der Waals surface area (Å²) in [6, 6.07) is 19.3. The molecule has 0 spiro atoms. The van der Waals surface area contributed by atoms with E-state index >= 15 is 0 Å². The second kappa shape index (κ2) is 9.59. The Morgan fingerprint density at radius 2 is 1.63 bits per heavy atom. The molecule has 1 amide bonds. The molecule has 3 aromatic carbocycles. The predicted molar refractivity (Wildman–Crippen MR) is 131 cm³/mol. The molecule has 0 atom stereocenters. The number of benzene rings is 3. The van der Waals surface area contributed by atoms with Crippen molar-refractivity contribution < 1.29 is 27.6 Å². The summed E-state index contributed by atoms with van der Waals surface area (Å²) in [4.78, 5) is 16.3. The largest absolute Gasteiger partial charge is 0.454 e. The van der Waals surface area contributed by atoms with Gasteiger partial charge in [-0.05, 0) is 61.5 Å². The average Bonchev–Trinajstić information content (AvgIpc) is 3.33. The standard InChI is InChI=1S/C26H27N3O5S/c1-19-2-7-22(8-3-19)27-35(31,32)23-9-5-21(6-10-23)26(30)29-14-12-28(13-15-29)17-20-4-11-24-25(16-20)34-18-33-24/h2-11,16,27H,12-15,17-18H2,1H3/p+1. The van der Waals surface area contributed by atoms with Crippen molar-refractivity contribution >= 4 is 21.6 Å². The lowest BCUT2D eigenvalue weighted by Gasteiger charge is -2.32. The number of ether oxygens (including phenoxy) is 2. The van der Waals surface area contributed by atoms with Crippen LogP contribution in [0.25, 0.3) is 0 Å². The van der Waals surface area contributed by atoms with Crippen LogP contribution in [0.5, 0.6) is 11.5 Å². The van der Waals surface area contributed by atoms with E-state index in [1.165, 1.54) is 22.6 Å². The number of aryl methyl sites for hydroxylation is 1. The van der Waals surface area contributed by atoms with Gasteiger partial charge in [0.25, 0.3) is 15.9 Å². The van der Waals surface area contributed by atoms with Crippen molar-refractivity contribution in [2.45, 2.75) is 18.4 Å². The molecule has 5 rings (SSSR count). The van der Waals surface area contributed by atoms with Crippen molar-refractivity contribution in [3.05, 3.63) is 83.4 Å². The highest BCUT2D eigenvalue weighted by Crippen LogP contribution is 2.32. The first-order chi connectivity index (χ1) is 16.9. The first-order valence-corrected chi connectivity index (χ1v) is 13.1. The molecule has 2 aliphatic rings. The Hall–Kier alpha value is -3.56. The summed E-state index contributed by atoms with van der Waals surface area (Å²) in [5, 5.41) is 0. The first-order valence-electron chi connectivity index (χ1n) is 11.6. The topological polar surface area (TPSA) is 89.4 Å². The summed E-state index contributed by atoms with van der Waals surface area (Å²) in [5.74, 6) is 1.49. The van der Waals surface area contributed by atoms with Gasteiger partial charge < -0.3 is 19.3 Å². The van der Waals surface area contributed by atoms with E-state index in [4.69, 9.17) is 9.47 Å². The van der Waals surface area contributed by atoms with Gasteiger partial charge in [0.05, 0.1) is 31.1 Å². The van der Waals surface area contributed by atoms with Crippen molar-refractivity contribution in [3.63, 3.8) is 0 Å². The molecule has 9 heteroatoms.